The minimum atomic E-state index is -3.65. The van der Waals surface area contributed by atoms with E-state index in [9.17, 15) is 8.42 Å². The molecule has 0 bridgehead atoms. The molecule has 0 heterocycles. The van der Waals surface area contributed by atoms with Crippen LogP contribution >= 0.6 is 0 Å². The predicted octanol–water partition coefficient (Wildman–Crippen LogP) is 2.55. The number of ether oxygens (including phenoxy) is 1. The zero-order valence-corrected chi connectivity index (χ0v) is 14.5. The SMILES string of the molecule is COc1cc(C)c(N)cc1S(=O)(=O)NCC(C)C(C)(C)C. The molecular weight excluding hydrogens is 288 g/mol. The van der Waals surface area contributed by atoms with Gasteiger partial charge in [0, 0.05) is 12.2 Å². The fourth-order valence-corrected chi connectivity index (χ4v) is 2.98. The van der Waals surface area contributed by atoms with E-state index in [2.05, 4.69) is 25.5 Å². The Morgan fingerprint density at radius 3 is 2.38 bits per heavy atom. The number of rotatable bonds is 5. The van der Waals surface area contributed by atoms with E-state index >= 15 is 0 Å². The average Bonchev–Trinajstić information content (AvgIpc) is 2.37. The van der Waals surface area contributed by atoms with Gasteiger partial charge < -0.3 is 10.5 Å². The Morgan fingerprint density at radius 1 is 1.33 bits per heavy atom. The summed E-state index contributed by atoms with van der Waals surface area (Å²) in [6, 6.07) is 3.08. The highest BCUT2D eigenvalue weighted by Crippen LogP contribution is 2.29. The van der Waals surface area contributed by atoms with Crippen LogP contribution < -0.4 is 15.2 Å². The van der Waals surface area contributed by atoms with Crippen LogP contribution in [-0.4, -0.2) is 22.1 Å². The van der Waals surface area contributed by atoms with Crippen LogP contribution in [0.4, 0.5) is 5.69 Å². The molecule has 0 aliphatic heterocycles. The highest BCUT2D eigenvalue weighted by atomic mass is 32.2. The van der Waals surface area contributed by atoms with Gasteiger partial charge in [0.05, 0.1) is 7.11 Å². The van der Waals surface area contributed by atoms with Crippen LogP contribution in [-0.2, 0) is 10.0 Å². The number of hydrogen-bond acceptors (Lipinski definition) is 4. The van der Waals surface area contributed by atoms with E-state index in [-0.39, 0.29) is 16.2 Å². The van der Waals surface area contributed by atoms with Crippen molar-refractivity contribution in [2.45, 2.75) is 39.5 Å². The Hall–Kier alpha value is -1.27. The first kappa shape index (κ1) is 17.8. The van der Waals surface area contributed by atoms with Gasteiger partial charge in [-0.3, -0.25) is 0 Å². The van der Waals surface area contributed by atoms with Crippen molar-refractivity contribution in [3.63, 3.8) is 0 Å². The fourth-order valence-electron chi connectivity index (χ4n) is 1.67. The minimum absolute atomic E-state index is 0.0267. The lowest BCUT2D eigenvalue weighted by molar-refractivity contribution is 0.263. The van der Waals surface area contributed by atoms with Crippen molar-refractivity contribution in [2.24, 2.45) is 11.3 Å². The fraction of sp³-hybridized carbons (Fsp3) is 0.600. The van der Waals surface area contributed by atoms with Crippen LogP contribution in [0, 0.1) is 18.3 Å². The molecule has 6 heteroatoms. The molecule has 0 amide bonds. The number of benzene rings is 1. The molecule has 0 saturated carbocycles. The van der Waals surface area contributed by atoms with Crippen LogP contribution in [0.3, 0.4) is 0 Å². The number of aryl methyl sites for hydroxylation is 1. The monoisotopic (exact) mass is 314 g/mol. The van der Waals surface area contributed by atoms with Gasteiger partial charge in [0.25, 0.3) is 0 Å². The lowest BCUT2D eigenvalue weighted by Crippen LogP contribution is -2.33. The lowest BCUT2D eigenvalue weighted by atomic mass is 9.82. The Morgan fingerprint density at radius 2 is 1.90 bits per heavy atom. The summed E-state index contributed by atoms with van der Waals surface area (Å²) in [7, 11) is -2.21. The van der Waals surface area contributed by atoms with Gasteiger partial charge in [-0.1, -0.05) is 27.7 Å². The van der Waals surface area contributed by atoms with Crippen molar-refractivity contribution in [1.82, 2.24) is 4.72 Å². The van der Waals surface area contributed by atoms with E-state index in [4.69, 9.17) is 10.5 Å². The number of methoxy groups -OCH3 is 1. The molecule has 0 radical (unpaired) electrons. The summed E-state index contributed by atoms with van der Waals surface area (Å²) in [4.78, 5) is 0.0780. The molecule has 0 saturated heterocycles. The third-order valence-corrected chi connectivity index (χ3v) is 5.34. The second-order valence-electron chi connectivity index (χ2n) is 6.48. The van der Waals surface area contributed by atoms with Crippen LogP contribution in [0.5, 0.6) is 5.75 Å². The summed E-state index contributed by atoms with van der Waals surface area (Å²) < 4.78 is 32.7. The number of anilines is 1. The molecule has 0 fully saturated rings. The zero-order valence-electron chi connectivity index (χ0n) is 13.6. The van der Waals surface area contributed by atoms with Crippen molar-refractivity contribution in [3.8, 4) is 5.75 Å². The van der Waals surface area contributed by atoms with Crippen molar-refractivity contribution in [2.75, 3.05) is 19.4 Å². The maximum absolute atomic E-state index is 12.5. The standard InChI is InChI=1S/C15H26N2O3S/c1-10-7-13(20-6)14(8-12(10)16)21(18,19)17-9-11(2)15(3,4)5/h7-8,11,17H,9,16H2,1-6H3. The van der Waals surface area contributed by atoms with Gasteiger partial charge in [0.1, 0.15) is 10.6 Å². The molecule has 1 aromatic carbocycles. The number of nitrogen functional groups attached to an aromatic ring is 1. The summed E-state index contributed by atoms with van der Waals surface area (Å²) in [6.45, 7) is 10.4. The smallest absolute Gasteiger partial charge is 0.244 e. The molecule has 1 aromatic rings. The van der Waals surface area contributed by atoms with Gasteiger partial charge >= 0.3 is 0 Å². The molecule has 1 rings (SSSR count). The van der Waals surface area contributed by atoms with Gasteiger partial charge in [-0.15, -0.1) is 0 Å². The Kier molecular flexibility index (Phi) is 5.28. The molecule has 5 nitrogen and oxygen atoms in total. The average molecular weight is 314 g/mol. The Labute approximate surface area is 127 Å². The van der Waals surface area contributed by atoms with E-state index in [0.717, 1.165) is 5.56 Å². The third-order valence-electron chi connectivity index (χ3n) is 3.90. The van der Waals surface area contributed by atoms with E-state index in [1.165, 1.54) is 13.2 Å². The first-order valence-electron chi connectivity index (χ1n) is 6.93. The summed E-state index contributed by atoms with van der Waals surface area (Å²) >= 11 is 0. The molecule has 21 heavy (non-hydrogen) atoms. The van der Waals surface area contributed by atoms with E-state index in [0.29, 0.717) is 18.0 Å². The highest BCUT2D eigenvalue weighted by Gasteiger charge is 2.25. The molecule has 3 N–H and O–H groups in total. The zero-order chi connectivity index (χ0) is 16.4. The quantitative estimate of drug-likeness (QED) is 0.818. The van der Waals surface area contributed by atoms with E-state index in [1.807, 2.05) is 13.8 Å². The normalized spacial score (nSPS) is 14.0. The van der Waals surface area contributed by atoms with Crippen LogP contribution in [0.25, 0.3) is 0 Å². The van der Waals surface area contributed by atoms with E-state index in [1.54, 1.807) is 6.07 Å². The van der Waals surface area contributed by atoms with Crippen LogP contribution in [0.1, 0.15) is 33.3 Å². The minimum Gasteiger partial charge on any atom is -0.495 e. The Balaban J connectivity index is 3.06. The molecule has 0 aliphatic rings. The van der Waals surface area contributed by atoms with Gasteiger partial charge in [0.15, 0.2) is 0 Å². The van der Waals surface area contributed by atoms with Crippen LogP contribution in [0.2, 0.25) is 0 Å². The van der Waals surface area contributed by atoms with Gasteiger partial charge in [0.2, 0.25) is 10.0 Å². The number of sulfonamides is 1. The predicted molar refractivity (Wildman–Crippen MR) is 86.0 cm³/mol. The summed E-state index contributed by atoms with van der Waals surface area (Å²) in [5.74, 6) is 0.499. The summed E-state index contributed by atoms with van der Waals surface area (Å²) in [6.07, 6.45) is 0. The number of nitrogens with two attached hydrogens (primary N) is 1. The van der Waals surface area contributed by atoms with Gasteiger partial charge in [-0.05, 0) is 36.0 Å². The third kappa shape index (κ3) is 4.35. The maximum atomic E-state index is 12.5. The molecular formula is C15H26N2O3S. The van der Waals surface area contributed by atoms with Crippen molar-refractivity contribution in [1.29, 1.82) is 0 Å². The van der Waals surface area contributed by atoms with Crippen LogP contribution in [0.15, 0.2) is 17.0 Å². The molecule has 0 aromatic heterocycles. The second-order valence-corrected chi connectivity index (χ2v) is 8.21. The molecule has 1 atom stereocenters. The molecule has 120 valence electrons. The maximum Gasteiger partial charge on any atom is 0.244 e. The topological polar surface area (TPSA) is 81.4 Å². The van der Waals surface area contributed by atoms with Crippen molar-refractivity contribution in [3.05, 3.63) is 17.7 Å². The number of hydrogen-bond donors (Lipinski definition) is 2. The molecule has 0 aliphatic carbocycles. The lowest BCUT2D eigenvalue weighted by Gasteiger charge is -2.27. The first-order valence-corrected chi connectivity index (χ1v) is 8.41. The van der Waals surface area contributed by atoms with Gasteiger partial charge in [-0.25, -0.2) is 13.1 Å². The van der Waals surface area contributed by atoms with Crippen molar-refractivity contribution < 1.29 is 13.2 Å². The second kappa shape index (κ2) is 6.23. The molecule has 1 unspecified atom stereocenters. The van der Waals surface area contributed by atoms with E-state index < -0.39 is 10.0 Å². The summed E-state index contributed by atoms with van der Waals surface area (Å²) in [5, 5.41) is 0. The van der Waals surface area contributed by atoms with Gasteiger partial charge in [-0.2, -0.15) is 0 Å². The first-order chi connectivity index (χ1) is 9.49. The summed E-state index contributed by atoms with van der Waals surface area (Å²) in [5.41, 5.74) is 7.06. The van der Waals surface area contributed by atoms with Crippen molar-refractivity contribution >= 4 is 15.7 Å². The molecule has 0 spiro atoms. The highest BCUT2D eigenvalue weighted by molar-refractivity contribution is 7.89. The number of nitrogens with one attached hydrogen (secondary N) is 1. The largest absolute Gasteiger partial charge is 0.495 e. The Bertz CT molecular complexity index is 604.